The van der Waals surface area contributed by atoms with Crippen LogP contribution in [0.4, 0.5) is 0 Å². The van der Waals surface area contributed by atoms with Gasteiger partial charge in [-0.3, -0.25) is 14.5 Å². The van der Waals surface area contributed by atoms with Gasteiger partial charge in [-0.15, -0.1) is 0 Å². The van der Waals surface area contributed by atoms with E-state index in [2.05, 4.69) is 20.9 Å². The highest BCUT2D eigenvalue weighted by molar-refractivity contribution is 9.10. The Morgan fingerprint density at radius 2 is 1.84 bits per heavy atom. The van der Waals surface area contributed by atoms with Crippen LogP contribution in [0.3, 0.4) is 0 Å². The van der Waals surface area contributed by atoms with E-state index < -0.39 is 17.8 Å². The summed E-state index contributed by atoms with van der Waals surface area (Å²) in [6, 6.07) is 8.16. The summed E-state index contributed by atoms with van der Waals surface area (Å²) in [4.78, 5) is 42.1. The largest absolute Gasteiger partial charge is 0.461 e. The number of aromatic nitrogens is 1. The van der Waals surface area contributed by atoms with Gasteiger partial charge in [0.1, 0.15) is 0 Å². The Morgan fingerprint density at radius 1 is 1.24 bits per heavy atom. The zero-order chi connectivity index (χ0) is 18.1. The highest BCUT2D eigenvalue weighted by atomic mass is 79.9. The molecule has 0 spiro atoms. The maximum absolute atomic E-state index is 12.4. The maximum atomic E-state index is 12.4. The van der Waals surface area contributed by atoms with Crippen molar-refractivity contribution in [1.29, 1.82) is 0 Å². The number of imide groups is 1. The molecule has 0 saturated heterocycles. The number of benzene rings is 1. The molecule has 8 heteroatoms. The van der Waals surface area contributed by atoms with Gasteiger partial charge in [0, 0.05) is 4.47 Å². The molecule has 128 valence electrons. The zero-order valence-electron chi connectivity index (χ0n) is 13.1. The summed E-state index contributed by atoms with van der Waals surface area (Å²) in [6.07, 6.45) is 0. The minimum atomic E-state index is -0.669. The van der Waals surface area contributed by atoms with Crippen molar-refractivity contribution in [3.8, 4) is 0 Å². The lowest BCUT2D eigenvalue weighted by atomic mass is 10.1. The van der Waals surface area contributed by atoms with Gasteiger partial charge < -0.3 is 4.74 Å². The number of pyridine rings is 1. The number of ether oxygens (including phenoxy) is 1. The molecule has 2 aromatic rings. The number of rotatable bonds is 4. The molecule has 0 fully saturated rings. The summed E-state index contributed by atoms with van der Waals surface area (Å²) in [5.41, 5.74) is 0.982. The first kappa shape index (κ1) is 17.6. The number of hydrogen-bond acceptors (Lipinski definition) is 5. The van der Waals surface area contributed by atoms with Crippen LogP contribution in [-0.2, 0) is 11.3 Å². The predicted molar refractivity (Wildman–Crippen MR) is 93.5 cm³/mol. The zero-order valence-corrected chi connectivity index (χ0v) is 15.4. The molecule has 0 atom stereocenters. The van der Waals surface area contributed by atoms with Crippen molar-refractivity contribution in [2.45, 2.75) is 13.5 Å². The lowest BCUT2D eigenvalue weighted by Crippen LogP contribution is -2.29. The van der Waals surface area contributed by atoms with Crippen molar-refractivity contribution in [2.75, 3.05) is 6.61 Å². The van der Waals surface area contributed by atoms with Crippen LogP contribution in [0.15, 0.2) is 34.8 Å². The fraction of sp³-hybridized carbons (Fsp3) is 0.176. The van der Waals surface area contributed by atoms with Crippen LogP contribution in [0.25, 0.3) is 0 Å². The van der Waals surface area contributed by atoms with E-state index in [0.717, 1.165) is 4.90 Å². The first-order valence-electron chi connectivity index (χ1n) is 7.41. The Kier molecular flexibility index (Phi) is 4.87. The Labute approximate surface area is 156 Å². The first-order chi connectivity index (χ1) is 11.9. The molecule has 2 amide bonds. The Bertz CT molecular complexity index is 865. The number of amides is 2. The molecule has 0 aliphatic carbocycles. The van der Waals surface area contributed by atoms with Gasteiger partial charge in [-0.1, -0.05) is 23.7 Å². The van der Waals surface area contributed by atoms with Gasteiger partial charge in [0.15, 0.2) is 5.69 Å². The molecule has 25 heavy (non-hydrogen) atoms. The van der Waals surface area contributed by atoms with Gasteiger partial charge in [-0.05, 0) is 41.1 Å². The molecule has 1 aliphatic heterocycles. The average molecular weight is 424 g/mol. The van der Waals surface area contributed by atoms with Gasteiger partial charge in [0.2, 0.25) is 0 Å². The van der Waals surface area contributed by atoms with Crippen molar-refractivity contribution in [1.82, 2.24) is 9.88 Å². The number of hydrogen-bond donors (Lipinski definition) is 0. The van der Waals surface area contributed by atoms with Gasteiger partial charge >= 0.3 is 5.97 Å². The number of fused-ring (bicyclic) bond motifs is 1. The monoisotopic (exact) mass is 422 g/mol. The normalized spacial score (nSPS) is 13.2. The summed E-state index contributed by atoms with van der Waals surface area (Å²) in [5.74, 6) is -1.46. The van der Waals surface area contributed by atoms with Gasteiger partial charge in [0.25, 0.3) is 11.8 Å². The SMILES string of the molecule is CCOC(=O)c1nc(CN2C(=O)c3ccccc3C2=O)cc(Br)c1Cl. The minimum Gasteiger partial charge on any atom is -0.461 e. The van der Waals surface area contributed by atoms with Crippen molar-refractivity contribution in [2.24, 2.45) is 0 Å². The van der Waals surface area contributed by atoms with E-state index >= 15 is 0 Å². The second kappa shape index (κ2) is 6.93. The van der Waals surface area contributed by atoms with Crippen LogP contribution in [0.5, 0.6) is 0 Å². The molecule has 1 aromatic carbocycles. The molecule has 6 nitrogen and oxygen atoms in total. The van der Waals surface area contributed by atoms with Crippen molar-refractivity contribution in [3.05, 3.63) is 62.3 Å². The number of nitrogens with zero attached hydrogens (tertiary/aromatic N) is 2. The van der Waals surface area contributed by atoms with Crippen molar-refractivity contribution < 1.29 is 19.1 Å². The Morgan fingerprint density at radius 3 is 2.40 bits per heavy atom. The maximum Gasteiger partial charge on any atom is 0.358 e. The number of esters is 1. The van der Waals surface area contributed by atoms with Gasteiger partial charge in [0.05, 0.1) is 35.0 Å². The third-order valence-corrected chi connectivity index (χ3v) is 4.87. The Balaban J connectivity index is 1.93. The minimum absolute atomic E-state index is 0.0653. The molecule has 2 heterocycles. The highest BCUT2D eigenvalue weighted by Crippen LogP contribution is 2.29. The molecular formula is C17H12BrClN2O4. The topological polar surface area (TPSA) is 76.6 Å². The second-order valence-electron chi connectivity index (χ2n) is 5.22. The van der Waals surface area contributed by atoms with Crippen molar-refractivity contribution in [3.63, 3.8) is 0 Å². The van der Waals surface area contributed by atoms with E-state index in [1.165, 1.54) is 0 Å². The summed E-state index contributed by atoms with van der Waals surface area (Å²) < 4.78 is 5.36. The fourth-order valence-corrected chi connectivity index (χ4v) is 3.13. The van der Waals surface area contributed by atoms with E-state index in [0.29, 0.717) is 21.3 Å². The van der Waals surface area contributed by atoms with Gasteiger partial charge in [-0.2, -0.15) is 0 Å². The first-order valence-corrected chi connectivity index (χ1v) is 8.58. The van der Waals surface area contributed by atoms with E-state index in [4.69, 9.17) is 16.3 Å². The Hall–Kier alpha value is -2.25. The van der Waals surface area contributed by atoms with Crippen LogP contribution >= 0.6 is 27.5 Å². The molecule has 0 N–H and O–H groups in total. The molecule has 0 bridgehead atoms. The summed E-state index contributed by atoms with van der Waals surface area (Å²) >= 11 is 9.34. The van der Waals surface area contributed by atoms with Crippen LogP contribution in [0, 0.1) is 0 Å². The van der Waals surface area contributed by atoms with E-state index in [1.807, 2.05) is 0 Å². The third kappa shape index (κ3) is 3.17. The standard InChI is InChI=1S/C17H12BrClN2O4/c1-2-25-17(24)14-13(19)12(18)7-9(20-14)8-21-15(22)10-5-3-4-6-11(10)16(21)23/h3-7H,2,8H2,1H3. The number of carbonyl (C=O) groups is 3. The van der Waals surface area contributed by atoms with Crippen LogP contribution < -0.4 is 0 Å². The van der Waals surface area contributed by atoms with Crippen LogP contribution in [-0.4, -0.2) is 34.3 Å². The fourth-order valence-electron chi connectivity index (χ4n) is 2.51. The smallest absolute Gasteiger partial charge is 0.358 e. The molecular weight excluding hydrogens is 412 g/mol. The molecule has 1 aromatic heterocycles. The number of carbonyl (C=O) groups excluding carboxylic acids is 3. The van der Waals surface area contributed by atoms with E-state index in [1.54, 1.807) is 37.3 Å². The quantitative estimate of drug-likeness (QED) is 0.556. The third-order valence-electron chi connectivity index (χ3n) is 3.63. The van der Waals surface area contributed by atoms with E-state index in [-0.39, 0.29) is 23.9 Å². The summed E-state index contributed by atoms with van der Waals surface area (Å²) in [7, 11) is 0. The molecule has 0 unspecified atom stereocenters. The van der Waals surface area contributed by atoms with Crippen LogP contribution in [0.1, 0.15) is 43.8 Å². The second-order valence-corrected chi connectivity index (χ2v) is 6.45. The predicted octanol–water partition coefficient (Wildman–Crippen LogP) is 3.47. The lowest BCUT2D eigenvalue weighted by molar-refractivity contribution is 0.0519. The molecule has 1 aliphatic rings. The number of halogens is 2. The highest BCUT2D eigenvalue weighted by Gasteiger charge is 2.35. The van der Waals surface area contributed by atoms with Crippen LogP contribution in [0.2, 0.25) is 5.02 Å². The lowest BCUT2D eigenvalue weighted by Gasteiger charge is -2.15. The average Bonchev–Trinajstić information content (AvgIpc) is 2.83. The summed E-state index contributed by atoms with van der Waals surface area (Å²) in [5, 5.41) is 0.115. The molecule has 0 saturated carbocycles. The molecule has 0 radical (unpaired) electrons. The summed E-state index contributed by atoms with van der Waals surface area (Å²) in [6.45, 7) is 1.77. The van der Waals surface area contributed by atoms with E-state index in [9.17, 15) is 14.4 Å². The van der Waals surface area contributed by atoms with Gasteiger partial charge in [-0.25, -0.2) is 9.78 Å². The van der Waals surface area contributed by atoms with Crippen molar-refractivity contribution >= 4 is 45.3 Å². The molecule has 3 rings (SSSR count).